The summed E-state index contributed by atoms with van der Waals surface area (Å²) in [5.74, 6) is -0.647. The van der Waals surface area contributed by atoms with Gasteiger partial charge >= 0.3 is 5.97 Å². The van der Waals surface area contributed by atoms with Crippen molar-refractivity contribution in [2.75, 3.05) is 6.61 Å². The van der Waals surface area contributed by atoms with Gasteiger partial charge in [0.25, 0.3) is 10.0 Å². The molecule has 8 heteroatoms. The van der Waals surface area contributed by atoms with Crippen LogP contribution in [0.4, 0.5) is 0 Å². The molecule has 0 spiro atoms. The number of sulfonamides is 1. The smallest absolute Gasteiger partial charge is 0.332 e. The third kappa shape index (κ3) is 5.68. The molecule has 0 amide bonds. The minimum Gasteiger partial charge on any atom is -0.463 e. The van der Waals surface area contributed by atoms with Gasteiger partial charge in [-0.25, -0.2) is 4.79 Å². The standard InChI is InChI=1S/C20H21ClN2O4S/c1-4-27-20(24)13-16(3)23(22-14-17-7-9-18(21)10-8-17)28(25,26)19-11-5-15(2)6-12-19/h5-14H,4H2,1-3H3/b16-13+,22-14+. The van der Waals surface area contributed by atoms with Crippen LogP contribution in [0.3, 0.4) is 0 Å². The van der Waals surface area contributed by atoms with Crippen LogP contribution in [-0.2, 0) is 19.6 Å². The summed E-state index contributed by atoms with van der Waals surface area (Å²) < 4.78 is 31.9. The van der Waals surface area contributed by atoms with E-state index in [0.717, 1.165) is 16.1 Å². The van der Waals surface area contributed by atoms with Gasteiger partial charge in [0.2, 0.25) is 0 Å². The quantitative estimate of drug-likeness (QED) is 0.292. The van der Waals surface area contributed by atoms with Crippen molar-refractivity contribution in [2.45, 2.75) is 25.7 Å². The number of aryl methyl sites for hydroxylation is 1. The monoisotopic (exact) mass is 420 g/mol. The molecule has 0 aromatic heterocycles. The topological polar surface area (TPSA) is 76.0 Å². The van der Waals surface area contributed by atoms with E-state index in [2.05, 4.69) is 5.10 Å². The number of esters is 1. The highest BCUT2D eigenvalue weighted by Crippen LogP contribution is 2.21. The zero-order chi connectivity index (χ0) is 20.7. The van der Waals surface area contributed by atoms with E-state index in [-0.39, 0.29) is 17.2 Å². The number of allylic oxidation sites excluding steroid dienone is 1. The molecule has 2 aromatic carbocycles. The number of benzene rings is 2. The van der Waals surface area contributed by atoms with Gasteiger partial charge in [-0.2, -0.15) is 17.9 Å². The number of hydrazone groups is 1. The number of hydrogen-bond donors (Lipinski definition) is 0. The minimum atomic E-state index is -4.02. The highest BCUT2D eigenvalue weighted by atomic mass is 35.5. The van der Waals surface area contributed by atoms with Gasteiger partial charge in [-0.05, 0) is 50.6 Å². The van der Waals surface area contributed by atoms with Gasteiger partial charge in [-0.3, -0.25) is 0 Å². The first kappa shape index (κ1) is 21.7. The fourth-order valence-corrected chi connectivity index (χ4v) is 3.64. The molecule has 0 unspecified atom stereocenters. The number of carbonyl (C=O) groups excluding carboxylic acids is 1. The summed E-state index contributed by atoms with van der Waals surface area (Å²) in [5, 5.41) is 4.66. The Hall–Kier alpha value is -2.64. The molecule has 0 N–H and O–H groups in total. The molecule has 28 heavy (non-hydrogen) atoms. The lowest BCUT2D eigenvalue weighted by atomic mass is 10.2. The maximum Gasteiger partial charge on any atom is 0.332 e. The molecule has 0 aliphatic heterocycles. The summed E-state index contributed by atoms with van der Waals surface area (Å²) in [6.07, 6.45) is 2.47. The van der Waals surface area contributed by atoms with Crippen LogP contribution in [0.5, 0.6) is 0 Å². The molecule has 2 aromatic rings. The van der Waals surface area contributed by atoms with E-state index in [1.54, 1.807) is 43.3 Å². The molecule has 0 fully saturated rings. The maximum absolute atomic E-state index is 13.1. The second-order valence-corrected chi connectivity index (χ2v) is 8.10. The van der Waals surface area contributed by atoms with Crippen LogP contribution in [0.15, 0.2) is 70.3 Å². The number of nitrogens with zero attached hydrogens (tertiary/aromatic N) is 2. The Balaban J connectivity index is 2.46. The van der Waals surface area contributed by atoms with Crippen molar-refractivity contribution in [3.8, 4) is 0 Å². The number of rotatable bonds is 7. The molecule has 0 saturated carbocycles. The Kier molecular flexibility index (Phi) is 7.37. The van der Waals surface area contributed by atoms with E-state index in [4.69, 9.17) is 16.3 Å². The lowest BCUT2D eigenvalue weighted by Crippen LogP contribution is -2.25. The normalized spacial score (nSPS) is 12.2. The molecule has 6 nitrogen and oxygen atoms in total. The molecule has 0 bridgehead atoms. The average Bonchev–Trinajstić information content (AvgIpc) is 2.63. The van der Waals surface area contributed by atoms with Crippen LogP contribution >= 0.6 is 11.6 Å². The van der Waals surface area contributed by atoms with Crippen molar-refractivity contribution < 1.29 is 17.9 Å². The summed E-state index contributed by atoms with van der Waals surface area (Å²) in [4.78, 5) is 11.8. The number of ether oxygens (including phenoxy) is 1. The second-order valence-electron chi connectivity index (χ2n) is 5.89. The van der Waals surface area contributed by atoms with Gasteiger partial charge in [0.15, 0.2) is 0 Å². The van der Waals surface area contributed by atoms with Gasteiger partial charge in [-0.1, -0.05) is 41.4 Å². The van der Waals surface area contributed by atoms with Crippen molar-refractivity contribution >= 4 is 33.8 Å². The predicted octanol–water partition coefficient (Wildman–Crippen LogP) is 4.14. The van der Waals surface area contributed by atoms with Gasteiger partial charge in [-0.15, -0.1) is 0 Å². The molecule has 2 rings (SSSR count). The zero-order valence-corrected chi connectivity index (χ0v) is 17.4. The van der Waals surface area contributed by atoms with Gasteiger partial charge < -0.3 is 4.74 Å². The summed E-state index contributed by atoms with van der Waals surface area (Å²) in [7, 11) is -4.02. The van der Waals surface area contributed by atoms with Crippen LogP contribution in [-0.4, -0.2) is 31.6 Å². The Morgan fingerprint density at radius 3 is 2.32 bits per heavy atom. The van der Waals surface area contributed by atoms with E-state index >= 15 is 0 Å². The van der Waals surface area contributed by atoms with Crippen LogP contribution < -0.4 is 0 Å². The third-order valence-corrected chi connectivity index (χ3v) is 5.60. The highest BCUT2D eigenvalue weighted by Gasteiger charge is 2.25. The molecule has 0 heterocycles. The van der Waals surface area contributed by atoms with Crippen LogP contribution in [0, 0.1) is 6.92 Å². The van der Waals surface area contributed by atoms with Gasteiger partial charge in [0.05, 0.1) is 23.4 Å². The zero-order valence-electron chi connectivity index (χ0n) is 15.8. The summed E-state index contributed by atoms with van der Waals surface area (Å²) in [6.45, 7) is 5.18. The van der Waals surface area contributed by atoms with Crippen LogP contribution in [0.1, 0.15) is 25.0 Å². The lowest BCUT2D eigenvalue weighted by Gasteiger charge is -2.19. The van der Waals surface area contributed by atoms with E-state index in [0.29, 0.717) is 10.6 Å². The van der Waals surface area contributed by atoms with E-state index in [1.165, 1.54) is 25.3 Å². The molecule has 148 valence electrons. The maximum atomic E-state index is 13.1. The Labute approximate surface area is 170 Å². The molecule has 0 saturated heterocycles. The lowest BCUT2D eigenvalue weighted by molar-refractivity contribution is -0.137. The fourth-order valence-electron chi connectivity index (χ4n) is 2.23. The average molecular weight is 421 g/mol. The first-order valence-electron chi connectivity index (χ1n) is 8.50. The first-order valence-corrected chi connectivity index (χ1v) is 10.3. The van der Waals surface area contributed by atoms with Crippen molar-refractivity contribution in [3.63, 3.8) is 0 Å². The summed E-state index contributed by atoms with van der Waals surface area (Å²) in [5.41, 5.74) is 1.68. The Bertz CT molecular complexity index is 982. The Morgan fingerprint density at radius 2 is 1.75 bits per heavy atom. The number of carbonyl (C=O) groups is 1. The Morgan fingerprint density at radius 1 is 1.14 bits per heavy atom. The first-order chi connectivity index (χ1) is 13.2. The number of hydrogen-bond acceptors (Lipinski definition) is 5. The number of halogens is 1. The molecule has 0 aliphatic rings. The predicted molar refractivity (Wildman–Crippen MR) is 110 cm³/mol. The van der Waals surface area contributed by atoms with Crippen molar-refractivity contribution in [1.29, 1.82) is 0 Å². The van der Waals surface area contributed by atoms with Crippen LogP contribution in [0.25, 0.3) is 0 Å². The van der Waals surface area contributed by atoms with Crippen molar-refractivity contribution in [2.24, 2.45) is 5.10 Å². The third-order valence-electron chi connectivity index (χ3n) is 3.64. The molecule has 0 radical (unpaired) electrons. The SMILES string of the molecule is CCOC(=O)/C=C(\C)N(/N=C/c1ccc(Cl)cc1)S(=O)(=O)c1ccc(C)cc1. The molecule has 0 aliphatic carbocycles. The van der Waals surface area contributed by atoms with E-state index < -0.39 is 16.0 Å². The minimum absolute atomic E-state index is 0.0583. The summed E-state index contributed by atoms with van der Waals surface area (Å²) in [6, 6.07) is 13.1. The van der Waals surface area contributed by atoms with Gasteiger partial charge in [0, 0.05) is 11.1 Å². The molecule has 0 atom stereocenters. The fraction of sp³-hybridized carbons (Fsp3) is 0.200. The van der Waals surface area contributed by atoms with E-state index in [1.807, 2.05) is 6.92 Å². The van der Waals surface area contributed by atoms with Crippen molar-refractivity contribution in [1.82, 2.24) is 4.41 Å². The largest absolute Gasteiger partial charge is 0.463 e. The van der Waals surface area contributed by atoms with E-state index in [9.17, 15) is 13.2 Å². The second kappa shape index (κ2) is 9.52. The van der Waals surface area contributed by atoms with Gasteiger partial charge in [0.1, 0.15) is 0 Å². The summed E-state index contributed by atoms with van der Waals surface area (Å²) >= 11 is 5.87. The van der Waals surface area contributed by atoms with Crippen molar-refractivity contribution in [3.05, 3.63) is 76.5 Å². The van der Waals surface area contributed by atoms with Crippen LogP contribution in [0.2, 0.25) is 5.02 Å². The molecular weight excluding hydrogens is 400 g/mol. The highest BCUT2D eigenvalue weighted by molar-refractivity contribution is 7.89. The molecular formula is C20H21ClN2O4S.